The number of rotatable bonds is 6. The zero-order valence-electron chi connectivity index (χ0n) is 23.5. The molecule has 3 aromatic rings. The molecule has 0 radical (unpaired) electrons. The van der Waals surface area contributed by atoms with Crippen molar-refractivity contribution in [2.45, 2.75) is 56.8 Å². The smallest absolute Gasteiger partial charge is 0.346 e. The van der Waals surface area contributed by atoms with Crippen LogP contribution in [-0.2, 0) is 11.7 Å². The first-order valence-corrected chi connectivity index (χ1v) is 14.6. The van der Waals surface area contributed by atoms with Crippen LogP contribution in [0, 0.1) is 11.3 Å². The van der Waals surface area contributed by atoms with Crippen LogP contribution in [0.3, 0.4) is 0 Å². The Labute approximate surface area is 251 Å². The van der Waals surface area contributed by atoms with Crippen LogP contribution in [-0.4, -0.2) is 67.7 Å². The Morgan fingerprint density at radius 2 is 2.02 bits per heavy atom. The SMILES string of the molecule is CCC1=CN=c2[nH]ccc2=C(c2cnn(C3(CC#N)CN(C4CCN(C(=O)c5cc(C(F)(F)F)ncc5Cl)CC4)C3)c2)C1. The Morgan fingerprint density at radius 3 is 2.72 bits per heavy atom. The normalized spacial score (nSPS) is 19.1. The number of likely N-dealkylation sites (tertiary alicyclic amines) is 2. The quantitative estimate of drug-likeness (QED) is 0.454. The van der Waals surface area contributed by atoms with Gasteiger partial charge in [0.2, 0.25) is 0 Å². The van der Waals surface area contributed by atoms with E-state index in [0.29, 0.717) is 45.4 Å². The molecule has 43 heavy (non-hydrogen) atoms. The minimum Gasteiger partial charge on any atom is -0.346 e. The van der Waals surface area contributed by atoms with Crippen molar-refractivity contribution in [3.8, 4) is 6.07 Å². The maximum absolute atomic E-state index is 13.1. The number of amides is 1. The summed E-state index contributed by atoms with van der Waals surface area (Å²) in [6.45, 7) is 4.20. The Morgan fingerprint density at radius 1 is 1.26 bits per heavy atom. The number of halogens is 4. The average Bonchev–Trinajstić information content (AvgIpc) is 3.62. The average molecular weight is 611 g/mol. The molecule has 3 aliphatic heterocycles. The molecule has 1 N–H and O–H groups in total. The van der Waals surface area contributed by atoms with E-state index in [2.05, 4.69) is 32.9 Å². The molecule has 1 amide bonds. The van der Waals surface area contributed by atoms with Gasteiger partial charge in [-0.1, -0.05) is 18.5 Å². The van der Waals surface area contributed by atoms with E-state index in [-0.39, 0.29) is 16.6 Å². The van der Waals surface area contributed by atoms with Crippen LogP contribution >= 0.6 is 11.6 Å². The van der Waals surface area contributed by atoms with Crippen molar-refractivity contribution in [1.82, 2.24) is 29.5 Å². The number of nitrogens with zero attached hydrogens (tertiary/aromatic N) is 7. The lowest BCUT2D eigenvalue weighted by Crippen LogP contribution is -2.66. The second-order valence-corrected chi connectivity index (χ2v) is 11.8. The highest BCUT2D eigenvalue weighted by Crippen LogP contribution is 2.37. The molecular weight excluding hydrogens is 581 g/mol. The van der Waals surface area contributed by atoms with Gasteiger partial charge in [-0.05, 0) is 49.0 Å². The number of piperidine rings is 1. The first-order chi connectivity index (χ1) is 20.6. The Kier molecular flexibility index (Phi) is 7.64. The number of carbonyl (C=O) groups is 1. The van der Waals surface area contributed by atoms with Crippen molar-refractivity contribution in [1.29, 1.82) is 5.26 Å². The van der Waals surface area contributed by atoms with E-state index in [4.69, 9.17) is 16.7 Å². The topological polar surface area (TPSA) is 106 Å². The predicted molar refractivity (Wildman–Crippen MR) is 152 cm³/mol. The van der Waals surface area contributed by atoms with Gasteiger partial charge in [0.15, 0.2) is 0 Å². The highest BCUT2D eigenvalue weighted by Gasteiger charge is 2.48. The van der Waals surface area contributed by atoms with Crippen LogP contribution in [0.1, 0.15) is 60.6 Å². The Hall–Kier alpha value is -3.95. The van der Waals surface area contributed by atoms with Crippen LogP contribution in [0.15, 0.2) is 53.7 Å². The third-order valence-corrected chi connectivity index (χ3v) is 9.05. The number of alkyl halides is 3. The van der Waals surface area contributed by atoms with Crippen molar-refractivity contribution in [3.05, 3.63) is 81.2 Å². The number of pyridine rings is 1. The Balaban J connectivity index is 1.14. The second kappa shape index (κ2) is 11.3. The van der Waals surface area contributed by atoms with Gasteiger partial charge in [0.25, 0.3) is 5.91 Å². The van der Waals surface area contributed by atoms with Gasteiger partial charge in [-0.2, -0.15) is 23.5 Å². The van der Waals surface area contributed by atoms with Crippen LogP contribution in [0.2, 0.25) is 5.02 Å². The summed E-state index contributed by atoms with van der Waals surface area (Å²) in [6.07, 6.45) is 7.23. The molecule has 0 aromatic carbocycles. The summed E-state index contributed by atoms with van der Waals surface area (Å²) in [4.78, 5) is 28.0. The fourth-order valence-electron chi connectivity index (χ4n) is 6.26. The lowest BCUT2D eigenvalue weighted by molar-refractivity contribution is -0.141. The molecule has 9 nitrogen and oxygen atoms in total. The fourth-order valence-corrected chi connectivity index (χ4v) is 6.45. The van der Waals surface area contributed by atoms with Gasteiger partial charge in [-0.3, -0.25) is 19.4 Å². The molecule has 224 valence electrons. The van der Waals surface area contributed by atoms with Gasteiger partial charge >= 0.3 is 6.18 Å². The summed E-state index contributed by atoms with van der Waals surface area (Å²) in [5, 5.41) is 15.4. The number of allylic oxidation sites excluding steroid dienone is 1. The molecule has 0 bridgehead atoms. The van der Waals surface area contributed by atoms with Gasteiger partial charge in [-0.25, -0.2) is 4.99 Å². The molecule has 0 saturated carbocycles. The number of nitrogens with one attached hydrogen (secondary N) is 1. The van der Waals surface area contributed by atoms with Crippen molar-refractivity contribution in [2.75, 3.05) is 26.2 Å². The predicted octanol–water partition coefficient (Wildman–Crippen LogP) is 4.02. The summed E-state index contributed by atoms with van der Waals surface area (Å²) in [5.74, 6) is -0.529. The molecule has 0 aliphatic carbocycles. The largest absolute Gasteiger partial charge is 0.433 e. The molecule has 0 unspecified atom stereocenters. The van der Waals surface area contributed by atoms with Gasteiger partial charge < -0.3 is 9.88 Å². The molecule has 13 heteroatoms. The summed E-state index contributed by atoms with van der Waals surface area (Å²) < 4.78 is 41.4. The highest BCUT2D eigenvalue weighted by atomic mass is 35.5. The van der Waals surface area contributed by atoms with E-state index in [1.165, 1.54) is 5.57 Å². The lowest BCUT2D eigenvalue weighted by atomic mass is 9.83. The molecule has 3 aromatic heterocycles. The molecule has 0 atom stereocenters. The summed E-state index contributed by atoms with van der Waals surface area (Å²) in [6, 6.07) is 5.28. The van der Waals surface area contributed by atoms with Gasteiger partial charge in [-0.15, -0.1) is 0 Å². The molecular formula is C30H30ClF3N8O. The van der Waals surface area contributed by atoms with Crippen LogP contribution in [0.4, 0.5) is 13.2 Å². The number of aromatic amines is 1. The van der Waals surface area contributed by atoms with E-state index in [1.807, 2.05) is 35.5 Å². The van der Waals surface area contributed by atoms with Gasteiger partial charge in [0.05, 0.1) is 29.3 Å². The molecule has 2 saturated heterocycles. The first-order valence-electron chi connectivity index (χ1n) is 14.2. The first kappa shape index (κ1) is 29.1. The minimum atomic E-state index is -4.67. The van der Waals surface area contributed by atoms with Crippen LogP contribution in [0.25, 0.3) is 5.57 Å². The summed E-state index contributed by atoms with van der Waals surface area (Å²) in [5.41, 5.74) is 2.41. The van der Waals surface area contributed by atoms with E-state index in [1.54, 1.807) is 4.90 Å². The van der Waals surface area contributed by atoms with Crippen molar-refractivity contribution < 1.29 is 18.0 Å². The fraction of sp³-hybridized carbons (Fsp3) is 0.433. The van der Waals surface area contributed by atoms with Crippen molar-refractivity contribution in [3.63, 3.8) is 0 Å². The minimum absolute atomic E-state index is 0.103. The molecule has 6 rings (SSSR count). The maximum atomic E-state index is 13.1. The standard InChI is InChI=1S/C30H30ClF3N8O/c1-2-19-11-23(22-3-8-36-27(22)38-13-19)20-14-39-42(16-20)29(6-7-35)17-41(18-29)21-4-9-40(10-5-21)28(43)24-12-26(30(32,33)34)37-15-25(24)31/h3,8,12-16,21H,2,4-6,9-11,17-18H2,1H3,(H,36,38). The van der Waals surface area contributed by atoms with Crippen molar-refractivity contribution >= 4 is 23.1 Å². The molecule has 2 fully saturated rings. The van der Waals surface area contributed by atoms with Crippen molar-refractivity contribution in [2.24, 2.45) is 4.99 Å². The number of aromatic nitrogens is 4. The summed E-state index contributed by atoms with van der Waals surface area (Å²) >= 11 is 6.05. The number of nitriles is 1. The lowest BCUT2D eigenvalue weighted by Gasteiger charge is -2.53. The number of hydrogen-bond acceptors (Lipinski definition) is 6. The summed E-state index contributed by atoms with van der Waals surface area (Å²) in [7, 11) is 0. The molecule has 3 aliphatic rings. The van der Waals surface area contributed by atoms with Gasteiger partial charge in [0.1, 0.15) is 16.7 Å². The maximum Gasteiger partial charge on any atom is 0.433 e. The zero-order valence-corrected chi connectivity index (χ0v) is 24.3. The Bertz CT molecular complexity index is 1740. The van der Waals surface area contributed by atoms with E-state index < -0.39 is 23.3 Å². The molecule has 6 heterocycles. The number of carbonyl (C=O) groups excluding carboxylic acids is 1. The monoisotopic (exact) mass is 610 g/mol. The van der Waals surface area contributed by atoms with E-state index >= 15 is 0 Å². The number of H-pyrrole nitrogens is 1. The highest BCUT2D eigenvalue weighted by molar-refractivity contribution is 6.33. The van der Waals surface area contributed by atoms with E-state index in [9.17, 15) is 23.2 Å². The number of fused-ring (bicyclic) bond motifs is 1. The third kappa shape index (κ3) is 5.47. The van der Waals surface area contributed by atoms with Crippen LogP contribution < -0.4 is 10.7 Å². The number of hydrogen-bond donors (Lipinski definition) is 1. The third-order valence-electron chi connectivity index (χ3n) is 8.75. The van der Waals surface area contributed by atoms with Crippen LogP contribution in [0.5, 0.6) is 0 Å². The van der Waals surface area contributed by atoms with Gasteiger partial charge in [0, 0.05) is 67.8 Å². The molecule has 0 spiro atoms. The van der Waals surface area contributed by atoms with E-state index in [0.717, 1.165) is 46.9 Å². The second-order valence-electron chi connectivity index (χ2n) is 11.4. The zero-order chi connectivity index (χ0) is 30.4.